The zero-order valence-electron chi connectivity index (χ0n) is 12.3. The van der Waals surface area contributed by atoms with Gasteiger partial charge in [-0.25, -0.2) is 4.79 Å². The number of carboxylic acid groups (broad SMARTS) is 1. The number of anilines is 1. The SMILES string of the molecule is CCCCCCCCC(=O)Nc1cc(C)[nH]c1C(=O)O. The summed E-state index contributed by atoms with van der Waals surface area (Å²) < 4.78 is 0. The number of hydrogen-bond acceptors (Lipinski definition) is 2. The molecule has 3 N–H and O–H groups in total. The molecule has 5 nitrogen and oxygen atoms in total. The second-order valence-corrected chi connectivity index (χ2v) is 5.11. The third kappa shape index (κ3) is 5.47. The van der Waals surface area contributed by atoms with E-state index >= 15 is 0 Å². The minimum atomic E-state index is -1.06. The van der Waals surface area contributed by atoms with Crippen molar-refractivity contribution < 1.29 is 14.7 Å². The number of aryl methyl sites for hydroxylation is 1. The third-order valence-corrected chi connectivity index (χ3v) is 3.20. The van der Waals surface area contributed by atoms with E-state index in [-0.39, 0.29) is 11.6 Å². The molecule has 112 valence electrons. The van der Waals surface area contributed by atoms with E-state index in [1.54, 1.807) is 13.0 Å². The molecule has 0 aromatic carbocycles. The van der Waals surface area contributed by atoms with Crippen LogP contribution in [0.1, 0.15) is 68.1 Å². The van der Waals surface area contributed by atoms with Crippen LogP contribution in [0.5, 0.6) is 0 Å². The summed E-state index contributed by atoms with van der Waals surface area (Å²) >= 11 is 0. The standard InChI is InChI=1S/C15H24N2O3/c1-3-4-5-6-7-8-9-13(18)17-12-10-11(2)16-14(12)15(19)20/h10,16H,3-9H2,1-2H3,(H,17,18)(H,19,20). The number of amides is 1. The molecule has 5 heteroatoms. The van der Waals surface area contributed by atoms with Crippen molar-refractivity contribution in [1.29, 1.82) is 0 Å². The number of carbonyl (C=O) groups is 2. The molecule has 0 spiro atoms. The molecule has 1 amide bonds. The van der Waals surface area contributed by atoms with Crippen LogP contribution < -0.4 is 5.32 Å². The minimum Gasteiger partial charge on any atom is -0.477 e. The van der Waals surface area contributed by atoms with E-state index in [2.05, 4.69) is 17.2 Å². The summed E-state index contributed by atoms with van der Waals surface area (Å²) in [5.41, 5.74) is 1.11. The van der Waals surface area contributed by atoms with Gasteiger partial charge in [0, 0.05) is 12.1 Å². The number of rotatable bonds is 9. The van der Waals surface area contributed by atoms with Gasteiger partial charge in [0.15, 0.2) is 0 Å². The fourth-order valence-corrected chi connectivity index (χ4v) is 2.14. The molecule has 1 rings (SSSR count). The molecule has 0 aliphatic heterocycles. The lowest BCUT2D eigenvalue weighted by Crippen LogP contribution is -2.13. The predicted octanol–water partition coefficient (Wildman–Crippen LogP) is 3.71. The molecule has 1 heterocycles. The molecule has 0 bridgehead atoms. The fraction of sp³-hybridized carbons (Fsp3) is 0.600. The van der Waals surface area contributed by atoms with Crippen molar-refractivity contribution >= 4 is 17.6 Å². The van der Waals surface area contributed by atoms with E-state index in [0.717, 1.165) is 25.0 Å². The Balaban J connectivity index is 2.34. The first kappa shape index (κ1) is 16.3. The molecular weight excluding hydrogens is 256 g/mol. The number of hydrogen-bond donors (Lipinski definition) is 3. The number of unbranched alkanes of at least 4 members (excludes halogenated alkanes) is 5. The van der Waals surface area contributed by atoms with Crippen molar-refractivity contribution in [3.8, 4) is 0 Å². The lowest BCUT2D eigenvalue weighted by Gasteiger charge is -2.04. The van der Waals surface area contributed by atoms with Gasteiger partial charge in [-0.2, -0.15) is 0 Å². The van der Waals surface area contributed by atoms with Gasteiger partial charge in [0.1, 0.15) is 5.69 Å². The minimum absolute atomic E-state index is 0.0406. The Morgan fingerprint density at radius 2 is 1.85 bits per heavy atom. The van der Waals surface area contributed by atoms with Crippen molar-refractivity contribution in [3.63, 3.8) is 0 Å². The van der Waals surface area contributed by atoms with Crippen molar-refractivity contribution in [3.05, 3.63) is 17.5 Å². The molecule has 0 saturated carbocycles. The normalized spacial score (nSPS) is 10.5. The maximum atomic E-state index is 11.8. The number of H-pyrrole nitrogens is 1. The molecule has 0 unspecified atom stereocenters. The van der Waals surface area contributed by atoms with Gasteiger partial charge in [0.05, 0.1) is 5.69 Å². The average Bonchev–Trinajstić information content (AvgIpc) is 2.74. The summed E-state index contributed by atoms with van der Waals surface area (Å²) in [6, 6.07) is 1.64. The van der Waals surface area contributed by atoms with E-state index in [1.165, 1.54) is 19.3 Å². The van der Waals surface area contributed by atoms with Gasteiger partial charge in [-0.15, -0.1) is 0 Å². The summed E-state index contributed by atoms with van der Waals surface area (Å²) in [7, 11) is 0. The highest BCUT2D eigenvalue weighted by molar-refractivity contribution is 5.99. The van der Waals surface area contributed by atoms with E-state index in [1.807, 2.05) is 0 Å². The van der Waals surface area contributed by atoms with Crippen molar-refractivity contribution in [2.45, 2.75) is 58.8 Å². The van der Waals surface area contributed by atoms with E-state index < -0.39 is 5.97 Å². The third-order valence-electron chi connectivity index (χ3n) is 3.20. The topological polar surface area (TPSA) is 82.2 Å². The molecule has 1 aromatic rings. The first-order chi connectivity index (χ1) is 9.54. The van der Waals surface area contributed by atoms with Crippen LogP contribution in [0.25, 0.3) is 0 Å². The number of aromatic carboxylic acids is 1. The zero-order chi connectivity index (χ0) is 15.0. The summed E-state index contributed by atoms with van der Waals surface area (Å²) in [5.74, 6) is -1.19. The second-order valence-electron chi connectivity index (χ2n) is 5.11. The van der Waals surface area contributed by atoms with Crippen LogP contribution in [0, 0.1) is 6.92 Å². The van der Waals surface area contributed by atoms with Gasteiger partial charge in [-0.3, -0.25) is 4.79 Å². The number of carbonyl (C=O) groups excluding carboxylic acids is 1. The van der Waals surface area contributed by atoms with Gasteiger partial charge in [-0.05, 0) is 19.4 Å². The summed E-state index contributed by atoms with van der Waals surface area (Å²) in [6.45, 7) is 3.93. The highest BCUT2D eigenvalue weighted by atomic mass is 16.4. The Kier molecular flexibility index (Phi) is 6.84. The van der Waals surface area contributed by atoms with Gasteiger partial charge in [0.25, 0.3) is 0 Å². The Hall–Kier alpha value is -1.78. The van der Waals surface area contributed by atoms with Crippen LogP contribution in [0.4, 0.5) is 5.69 Å². The molecule has 0 fully saturated rings. The van der Waals surface area contributed by atoms with Crippen molar-refractivity contribution in [2.75, 3.05) is 5.32 Å². The number of aromatic amines is 1. The first-order valence-corrected chi connectivity index (χ1v) is 7.27. The summed E-state index contributed by atoms with van der Waals surface area (Å²) in [4.78, 5) is 25.5. The van der Waals surface area contributed by atoms with E-state index in [9.17, 15) is 9.59 Å². The molecule has 0 saturated heterocycles. The molecular formula is C15H24N2O3. The largest absolute Gasteiger partial charge is 0.477 e. The predicted molar refractivity (Wildman–Crippen MR) is 79.1 cm³/mol. The molecule has 0 aliphatic rings. The number of aromatic nitrogens is 1. The monoisotopic (exact) mass is 280 g/mol. The van der Waals surface area contributed by atoms with Gasteiger partial charge >= 0.3 is 5.97 Å². The average molecular weight is 280 g/mol. The lowest BCUT2D eigenvalue weighted by atomic mass is 10.1. The van der Waals surface area contributed by atoms with Gasteiger partial charge in [-0.1, -0.05) is 39.0 Å². The van der Waals surface area contributed by atoms with Crippen LogP contribution in [0.15, 0.2) is 6.07 Å². The maximum Gasteiger partial charge on any atom is 0.354 e. The van der Waals surface area contributed by atoms with Crippen molar-refractivity contribution in [2.24, 2.45) is 0 Å². The molecule has 0 radical (unpaired) electrons. The lowest BCUT2D eigenvalue weighted by molar-refractivity contribution is -0.116. The van der Waals surface area contributed by atoms with Crippen molar-refractivity contribution in [1.82, 2.24) is 4.98 Å². The van der Waals surface area contributed by atoms with E-state index in [0.29, 0.717) is 12.1 Å². The molecule has 1 aromatic heterocycles. The van der Waals surface area contributed by atoms with Gasteiger partial charge < -0.3 is 15.4 Å². The molecule has 0 aliphatic carbocycles. The maximum absolute atomic E-state index is 11.8. The fourth-order valence-electron chi connectivity index (χ4n) is 2.14. The van der Waals surface area contributed by atoms with Crippen LogP contribution in [-0.4, -0.2) is 22.0 Å². The highest BCUT2D eigenvalue weighted by Gasteiger charge is 2.14. The Morgan fingerprint density at radius 3 is 2.50 bits per heavy atom. The van der Waals surface area contributed by atoms with Crippen LogP contribution in [-0.2, 0) is 4.79 Å². The number of carboxylic acids is 1. The molecule has 0 atom stereocenters. The summed E-state index contributed by atoms with van der Waals surface area (Å²) in [5, 5.41) is 11.7. The summed E-state index contributed by atoms with van der Waals surface area (Å²) in [6.07, 6.45) is 7.17. The Labute approximate surface area is 119 Å². The van der Waals surface area contributed by atoms with Gasteiger partial charge in [0.2, 0.25) is 5.91 Å². The number of nitrogens with one attached hydrogen (secondary N) is 2. The second kappa shape index (κ2) is 8.40. The Morgan fingerprint density at radius 1 is 1.20 bits per heavy atom. The molecule has 20 heavy (non-hydrogen) atoms. The smallest absolute Gasteiger partial charge is 0.354 e. The first-order valence-electron chi connectivity index (χ1n) is 7.27. The van der Waals surface area contributed by atoms with Crippen LogP contribution >= 0.6 is 0 Å². The Bertz CT molecular complexity index is 452. The van der Waals surface area contributed by atoms with E-state index in [4.69, 9.17) is 5.11 Å². The van der Waals surface area contributed by atoms with Crippen LogP contribution in [0.3, 0.4) is 0 Å². The zero-order valence-corrected chi connectivity index (χ0v) is 12.3. The quantitative estimate of drug-likeness (QED) is 0.603. The highest BCUT2D eigenvalue weighted by Crippen LogP contribution is 2.17. The van der Waals surface area contributed by atoms with Crippen LogP contribution in [0.2, 0.25) is 0 Å².